The second kappa shape index (κ2) is 6.19. The molecule has 0 radical (unpaired) electrons. The molecule has 0 spiro atoms. The third-order valence-corrected chi connectivity index (χ3v) is 2.58. The van der Waals surface area contributed by atoms with E-state index in [0.717, 1.165) is 12.1 Å². The lowest BCUT2D eigenvalue weighted by atomic mass is 10.2. The van der Waals surface area contributed by atoms with Gasteiger partial charge in [-0.05, 0) is 12.1 Å². The summed E-state index contributed by atoms with van der Waals surface area (Å²) in [6, 6.07) is 8.91. The summed E-state index contributed by atoms with van der Waals surface area (Å²) in [4.78, 5) is 20.3. The van der Waals surface area contributed by atoms with Crippen molar-refractivity contribution in [2.45, 2.75) is 0 Å². The zero-order valence-corrected chi connectivity index (χ0v) is 10.8. The van der Waals surface area contributed by atoms with Gasteiger partial charge in [-0.3, -0.25) is 20.2 Å². The topological polar surface area (TPSA) is 129 Å². The molecule has 0 bridgehead atoms. The van der Waals surface area contributed by atoms with E-state index in [-0.39, 0.29) is 28.6 Å². The lowest BCUT2D eigenvalue weighted by molar-refractivity contribution is -0.385. The Hall–Kier alpha value is -3.67. The van der Waals surface area contributed by atoms with Gasteiger partial charge in [0, 0.05) is 12.1 Å². The highest BCUT2D eigenvalue weighted by Gasteiger charge is 2.19. The normalized spacial score (nSPS) is 9.59. The molecular formula is C13H7N3O6. The molecule has 0 N–H and O–H groups in total. The van der Waals surface area contributed by atoms with Crippen molar-refractivity contribution in [3.8, 4) is 23.5 Å². The van der Waals surface area contributed by atoms with E-state index in [1.54, 1.807) is 0 Å². The second-order valence-electron chi connectivity index (χ2n) is 3.91. The maximum Gasteiger partial charge on any atom is 0.311 e. The standard InChI is InChI=1S/C13H7N3O6/c14-8-21-13-7-9(15(17)18)5-6-12(13)22-11-4-2-1-3-10(11)16(19)20/h1-7H. The van der Waals surface area contributed by atoms with Gasteiger partial charge in [-0.15, -0.1) is 5.26 Å². The Morgan fingerprint density at radius 2 is 1.68 bits per heavy atom. The van der Waals surface area contributed by atoms with Crippen LogP contribution in [-0.4, -0.2) is 9.85 Å². The van der Waals surface area contributed by atoms with E-state index < -0.39 is 9.85 Å². The fraction of sp³-hybridized carbons (Fsp3) is 0. The van der Waals surface area contributed by atoms with E-state index in [1.165, 1.54) is 36.6 Å². The molecule has 0 heterocycles. The zero-order valence-electron chi connectivity index (χ0n) is 10.8. The molecule has 0 aromatic heterocycles. The largest absolute Gasteiger partial charge is 0.446 e. The molecular weight excluding hydrogens is 294 g/mol. The van der Waals surface area contributed by atoms with Gasteiger partial charge in [0.05, 0.1) is 15.9 Å². The number of para-hydroxylation sites is 2. The molecule has 2 rings (SSSR count). The van der Waals surface area contributed by atoms with Crippen LogP contribution in [0.1, 0.15) is 0 Å². The third-order valence-electron chi connectivity index (χ3n) is 2.58. The molecule has 9 heteroatoms. The van der Waals surface area contributed by atoms with Gasteiger partial charge in [0.1, 0.15) is 0 Å². The first-order valence-electron chi connectivity index (χ1n) is 5.78. The Labute approximate surface area is 123 Å². The number of benzene rings is 2. The smallest absolute Gasteiger partial charge is 0.311 e. The molecule has 9 nitrogen and oxygen atoms in total. The predicted molar refractivity (Wildman–Crippen MR) is 72.5 cm³/mol. The number of non-ortho nitro benzene ring substituents is 1. The van der Waals surface area contributed by atoms with Gasteiger partial charge in [-0.1, -0.05) is 12.1 Å². The van der Waals surface area contributed by atoms with Gasteiger partial charge in [0.15, 0.2) is 11.5 Å². The number of hydrogen-bond donors (Lipinski definition) is 0. The molecule has 110 valence electrons. The summed E-state index contributed by atoms with van der Waals surface area (Å²) < 4.78 is 9.96. The number of nitriles is 1. The second-order valence-corrected chi connectivity index (χ2v) is 3.91. The van der Waals surface area contributed by atoms with Crippen LogP contribution in [0, 0.1) is 31.7 Å². The highest BCUT2D eigenvalue weighted by molar-refractivity contribution is 5.54. The molecule has 2 aromatic rings. The van der Waals surface area contributed by atoms with Crippen molar-refractivity contribution >= 4 is 11.4 Å². The first kappa shape index (κ1) is 14.7. The first-order chi connectivity index (χ1) is 10.5. The molecule has 0 aliphatic heterocycles. The maximum atomic E-state index is 10.9. The highest BCUT2D eigenvalue weighted by atomic mass is 16.6. The number of nitrogens with zero attached hydrogens (tertiary/aromatic N) is 3. The summed E-state index contributed by atoms with van der Waals surface area (Å²) in [5, 5.41) is 30.2. The Morgan fingerprint density at radius 3 is 2.32 bits per heavy atom. The number of nitro groups is 2. The Morgan fingerprint density at radius 1 is 0.955 bits per heavy atom. The van der Waals surface area contributed by atoms with Gasteiger partial charge in [-0.25, -0.2) is 0 Å². The molecule has 0 aliphatic rings. The van der Waals surface area contributed by atoms with Gasteiger partial charge < -0.3 is 9.47 Å². The van der Waals surface area contributed by atoms with Crippen LogP contribution in [0.5, 0.6) is 17.2 Å². The third kappa shape index (κ3) is 3.07. The fourth-order valence-electron chi connectivity index (χ4n) is 1.64. The Kier molecular flexibility index (Phi) is 4.14. The van der Waals surface area contributed by atoms with E-state index in [0.29, 0.717) is 0 Å². The lowest BCUT2D eigenvalue weighted by Gasteiger charge is -2.08. The molecule has 0 unspecified atom stereocenters. The zero-order chi connectivity index (χ0) is 16.1. The molecule has 2 aromatic carbocycles. The van der Waals surface area contributed by atoms with Gasteiger partial charge >= 0.3 is 5.69 Å². The molecule has 0 aliphatic carbocycles. The van der Waals surface area contributed by atoms with Crippen molar-refractivity contribution < 1.29 is 19.3 Å². The van der Waals surface area contributed by atoms with Crippen LogP contribution < -0.4 is 9.47 Å². The quantitative estimate of drug-likeness (QED) is 0.471. The van der Waals surface area contributed by atoms with Crippen LogP contribution in [0.3, 0.4) is 0 Å². The van der Waals surface area contributed by atoms with E-state index in [2.05, 4.69) is 4.74 Å². The van der Waals surface area contributed by atoms with E-state index >= 15 is 0 Å². The van der Waals surface area contributed by atoms with Crippen LogP contribution in [0.2, 0.25) is 0 Å². The average molecular weight is 301 g/mol. The van der Waals surface area contributed by atoms with Crippen molar-refractivity contribution in [3.05, 3.63) is 62.7 Å². The van der Waals surface area contributed by atoms with Crippen molar-refractivity contribution in [2.75, 3.05) is 0 Å². The average Bonchev–Trinajstić information content (AvgIpc) is 2.49. The van der Waals surface area contributed by atoms with E-state index in [1.807, 2.05) is 0 Å². The van der Waals surface area contributed by atoms with Crippen LogP contribution in [0.4, 0.5) is 11.4 Å². The minimum absolute atomic E-state index is 0.0542. The molecule has 0 saturated heterocycles. The minimum Gasteiger partial charge on any atom is -0.446 e. The number of rotatable bonds is 5. The summed E-state index contributed by atoms with van der Waals surface area (Å²) in [6.45, 7) is 0. The predicted octanol–water partition coefficient (Wildman–Crippen LogP) is 3.16. The molecule has 0 atom stereocenters. The monoisotopic (exact) mass is 301 g/mol. The Bertz CT molecular complexity index is 784. The number of hydrogen-bond acceptors (Lipinski definition) is 7. The molecule has 0 saturated carbocycles. The van der Waals surface area contributed by atoms with Gasteiger partial charge in [-0.2, -0.15) is 0 Å². The SMILES string of the molecule is N#COc1cc([N+](=O)[O-])ccc1Oc1ccccc1[N+](=O)[O-]. The maximum absolute atomic E-state index is 10.9. The van der Waals surface area contributed by atoms with Crippen molar-refractivity contribution in [3.63, 3.8) is 0 Å². The number of nitro benzene ring substituents is 2. The lowest BCUT2D eigenvalue weighted by Crippen LogP contribution is -1.96. The first-order valence-corrected chi connectivity index (χ1v) is 5.78. The van der Waals surface area contributed by atoms with Gasteiger partial charge in [0.25, 0.3) is 11.9 Å². The number of ether oxygens (including phenoxy) is 2. The summed E-state index contributed by atoms with van der Waals surface area (Å²) in [5.41, 5.74) is -0.594. The molecule has 22 heavy (non-hydrogen) atoms. The summed E-state index contributed by atoms with van der Waals surface area (Å²) in [7, 11) is 0. The van der Waals surface area contributed by atoms with Crippen molar-refractivity contribution in [2.24, 2.45) is 0 Å². The van der Waals surface area contributed by atoms with Crippen LogP contribution >= 0.6 is 0 Å². The van der Waals surface area contributed by atoms with Crippen LogP contribution in [-0.2, 0) is 0 Å². The van der Waals surface area contributed by atoms with E-state index in [4.69, 9.17) is 10.00 Å². The van der Waals surface area contributed by atoms with E-state index in [9.17, 15) is 20.2 Å². The summed E-state index contributed by atoms with van der Waals surface area (Å²) in [5.74, 6) is -0.347. The summed E-state index contributed by atoms with van der Waals surface area (Å²) in [6.07, 6.45) is 1.38. The van der Waals surface area contributed by atoms with Crippen molar-refractivity contribution in [1.29, 1.82) is 5.26 Å². The highest BCUT2D eigenvalue weighted by Crippen LogP contribution is 2.37. The van der Waals surface area contributed by atoms with Crippen molar-refractivity contribution in [1.82, 2.24) is 0 Å². The molecule has 0 amide bonds. The molecule has 0 fully saturated rings. The van der Waals surface area contributed by atoms with Crippen LogP contribution in [0.15, 0.2) is 42.5 Å². The summed E-state index contributed by atoms with van der Waals surface area (Å²) >= 11 is 0. The minimum atomic E-state index is -0.668. The Balaban J connectivity index is 2.44. The van der Waals surface area contributed by atoms with Crippen LogP contribution in [0.25, 0.3) is 0 Å². The van der Waals surface area contributed by atoms with Gasteiger partial charge in [0.2, 0.25) is 5.75 Å². The fourth-order valence-corrected chi connectivity index (χ4v) is 1.64.